The van der Waals surface area contributed by atoms with E-state index in [9.17, 15) is 14.4 Å². The van der Waals surface area contributed by atoms with Gasteiger partial charge in [-0.3, -0.25) is 14.4 Å². The van der Waals surface area contributed by atoms with Gasteiger partial charge in [0, 0.05) is 5.54 Å². The zero-order valence-corrected chi connectivity index (χ0v) is 16.3. The average molecular weight is 363 g/mol. The number of nitrogens with one attached hydrogen (secondary N) is 3. The van der Waals surface area contributed by atoms with Gasteiger partial charge in [0.1, 0.15) is 11.8 Å². The van der Waals surface area contributed by atoms with Crippen LogP contribution in [0.4, 0.5) is 0 Å². The molecule has 0 aromatic heterocycles. The number of rotatable bonds is 7. The molecule has 0 unspecified atom stereocenters. The van der Waals surface area contributed by atoms with E-state index in [4.69, 9.17) is 4.74 Å². The molecule has 144 valence electrons. The van der Waals surface area contributed by atoms with Gasteiger partial charge in [-0.25, -0.2) is 0 Å². The van der Waals surface area contributed by atoms with E-state index in [1.54, 1.807) is 24.3 Å². The number of hydrogen-bond donors (Lipinski definition) is 3. The summed E-state index contributed by atoms with van der Waals surface area (Å²) in [6, 6.07) is 6.01. The molecule has 0 spiro atoms. The van der Waals surface area contributed by atoms with Crippen LogP contribution in [0.3, 0.4) is 0 Å². The van der Waals surface area contributed by atoms with Gasteiger partial charge < -0.3 is 20.7 Å². The van der Waals surface area contributed by atoms with Gasteiger partial charge in [-0.2, -0.15) is 0 Å². The van der Waals surface area contributed by atoms with Crippen LogP contribution in [0.15, 0.2) is 24.3 Å². The molecule has 26 heavy (non-hydrogen) atoms. The Bertz CT molecular complexity index is 650. The summed E-state index contributed by atoms with van der Waals surface area (Å²) in [6.07, 6.45) is 0. The molecule has 1 atom stereocenters. The van der Waals surface area contributed by atoms with E-state index in [0.717, 1.165) is 0 Å². The topological polar surface area (TPSA) is 96.5 Å². The Kier molecular flexibility index (Phi) is 7.61. The number of para-hydroxylation sites is 1. The van der Waals surface area contributed by atoms with E-state index in [1.807, 2.05) is 34.6 Å². The molecule has 0 bridgehead atoms. The highest BCUT2D eigenvalue weighted by molar-refractivity contribution is 6.00. The predicted molar refractivity (Wildman–Crippen MR) is 100.0 cm³/mol. The third-order valence-electron chi connectivity index (χ3n) is 3.52. The summed E-state index contributed by atoms with van der Waals surface area (Å²) in [7, 11) is 1.48. The number of hydrogen-bond acceptors (Lipinski definition) is 4. The second-order valence-corrected chi connectivity index (χ2v) is 7.41. The predicted octanol–water partition coefficient (Wildman–Crippen LogP) is 1.48. The minimum absolute atomic E-state index is 0.149. The quantitative estimate of drug-likeness (QED) is 0.684. The Balaban J connectivity index is 2.75. The molecule has 3 N–H and O–H groups in total. The van der Waals surface area contributed by atoms with Gasteiger partial charge in [0.25, 0.3) is 5.91 Å². The highest BCUT2D eigenvalue weighted by atomic mass is 16.5. The molecule has 0 saturated heterocycles. The standard InChI is InChI=1S/C19H29N3O4/c1-12(2)16(18(25)20-11-15(23)22-19(3,4)5)21-17(24)13-9-7-8-10-14(13)26-6/h7-10,12,16H,11H2,1-6H3,(H,20,25)(H,21,24)(H,22,23)/t16-/m0/s1. The van der Waals surface area contributed by atoms with E-state index in [0.29, 0.717) is 11.3 Å². The van der Waals surface area contributed by atoms with Crippen molar-refractivity contribution < 1.29 is 19.1 Å². The largest absolute Gasteiger partial charge is 0.496 e. The summed E-state index contributed by atoms with van der Waals surface area (Å²) in [6.45, 7) is 9.07. The molecule has 0 aliphatic heterocycles. The van der Waals surface area contributed by atoms with Crippen LogP contribution in [0.2, 0.25) is 0 Å². The lowest BCUT2D eigenvalue weighted by Crippen LogP contribution is -2.52. The average Bonchev–Trinajstić information content (AvgIpc) is 2.55. The molecule has 3 amide bonds. The summed E-state index contributed by atoms with van der Waals surface area (Å²) < 4.78 is 5.18. The monoisotopic (exact) mass is 363 g/mol. The van der Waals surface area contributed by atoms with Crippen molar-refractivity contribution in [3.8, 4) is 5.75 Å². The molecule has 0 radical (unpaired) electrons. The first-order chi connectivity index (χ1) is 12.0. The highest BCUT2D eigenvalue weighted by Gasteiger charge is 2.26. The van der Waals surface area contributed by atoms with Crippen molar-refractivity contribution >= 4 is 17.7 Å². The molecule has 1 rings (SSSR count). The van der Waals surface area contributed by atoms with Crippen LogP contribution < -0.4 is 20.7 Å². The molecule has 0 saturated carbocycles. The summed E-state index contributed by atoms with van der Waals surface area (Å²) in [4.78, 5) is 36.8. The van der Waals surface area contributed by atoms with Crippen LogP contribution in [-0.2, 0) is 9.59 Å². The maximum Gasteiger partial charge on any atom is 0.255 e. The molecule has 7 heteroatoms. The molecule has 7 nitrogen and oxygen atoms in total. The van der Waals surface area contributed by atoms with E-state index >= 15 is 0 Å². The summed E-state index contributed by atoms with van der Waals surface area (Å²) in [5.41, 5.74) is -0.0314. The molecule has 0 aliphatic carbocycles. The van der Waals surface area contributed by atoms with Gasteiger partial charge in [0.15, 0.2) is 0 Å². The second-order valence-electron chi connectivity index (χ2n) is 7.41. The van der Waals surface area contributed by atoms with E-state index in [-0.39, 0.29) is 23.9 Å². The number of ether oxygens (including phenoxy) is 1. The van der Waals surface area contributed by atoms with Gasteiger partial charge in [-0.15, -0.1) is 0 Å². The molecular weight excluding hydrogens is 334 g/mol. The van der Waals surface area contributed by atoms with Gasteiger partial charge in [0.05, 0.1) is 19.2 Å². The minimum atomic E-state index is -0.769. The molecule has 0 aliphatic rings. The molecule has 0 heterocycles. The fourth-order valence-electron chi connectivity index (χ4n) is 2.33. The maximum absolute atomic E-state index is 12.5. The van der Waals surface area contributed by atoms with Crippen molar-refractivity contribution in [1.29, 1.82) is 0 Å². The number of carbonyl (C=O) groups is 3. The first kappa shape index (κ1) is 21.5. The molecule has 1 aromatic rings. The van der Waals surface area contributed by atoms with Crippen molar-refractivity contribution in [2.45, 2.75) is 46.2 Å². The second kappa shape index (κ2) is 9.22. The van der Waals surface area contributed by atoms with Crippen molar-refractivity contribution in [2.24, 2.45) is 5.92 Å². The van der Waals surface area contributed by atoms with Crippen LogP contribution >= 0.6 is 0 Å². The molecular formula is C19H29N3O4. The third kappa shape index (κ3) is 6.74. The zero-order chi connectivity index (χ0) is 19.9. The lowest BCUT2D eigenvalue weighted by molar-refractivity contribution is -0.128. The Morgan fingerprint density at radius 3 is 2.27 bits per heavy atom. The Labute approximate surface area is 154 Å². The Morgan fingerprint density at radius 2 is 1.73 bits per heavy atom. The van der Waals surface area contributed by atoms with Crippen LogP contribution in [0.5, 0.6) is 5.75 Å². The van der Waals surface area contributed by atoms with E-state index in [1.165, 1.54) is 7.11 Å². The third-order valence-corrected chi connectivity index (χ3v) is 3.52. The highest BCUT2D eigenvalue weighted by Crippen LogP contribution is 2.17. The first-order valence-corrected chi connectivity index (χ1v) is 8.57. The van der Waals surface area contributed by atoms with Gasteiger partial charge in [-0.1, -0.05) is 26.0 Å². The van der Waals surface area contributed by atoms with E-state index < -0.39 is 17.9 Å². The first-order valence-electron chi connectivity index (χ1n) is 8.57. The number of methoxy groups -OCH3 is 1. The number of amides is 3. The van der Waals surface area contributed by atoms with Crippen molar-refractivity contribution in [1.82, 2.24) is 16.0 Å². The van der Waals surface area contributed by atoms with Crippen molar-refractivity contribution in [2.75, 3.05) is 13.7 Å². The summed E-state index contributed by atoms with van der Waals surface area (Å²) in [5.74, 6) is -0.830. The minimum Gasteiger partial charge on any atom is -0.496 e. The molecule has 0 fully saturated rings. The van der Waals surface area contributed by atoms with Crippen LogP contribution in [0.1, 0.15) is 45.0 Å². The van der Waals surface area contributed by atoms with Gasteiger partial charge in [0.2, 0.25) is 11.8 Å². The Morgan fingerprint density at radius 1 is 1.12 bits per heavy atom. The van der Waals surface area contributed by atoms with Crippen LogP contribution in [0.25, 0.3) is 0 Å². The smallest absolute Gasteiger partial charge is 0.255 e. The van der Waals surface area contributed by atoms with Crippen LogP contribution in [-0.4, -0.2) is 43.0 Å². The maximum atomic E-state index is 12.5. The Hall–Kier alpha value is -2.57. The fourth-order valence-corrected chi connectivity index (χ4v) is 2.33. The normalized spacial score (nSPS) is 12.3. The van der Waals surface area contributed by atoms with Crippen molar-refractivity contribution in [3.05, 3.63) is 29.8 Å². The van der Waals surface area contributed by atoms with Crippen LogP contribution in [0, 0.1) is 5.92 Å². The summed E-state index contributed by atoms with van der Waals surface area (Å²) >= 11 is 0. The zero-order valence-electron chi connectivity index (χ0n) is 16.3. The lowest BCUT2D eigenvalue weighted by Gasteiger charge is -2.23. The van der Waals surface area contributed by atoms with Crippen molar-refractivity contribution in [3.63, 3.8) is 0 Å². The van der Waals surface area contributed by atoms with Gasteiger partial charge >= 0.3 is 0 Å². The van der Waals surface area contributed by atoms with Gasteiger partial charge in [-0.05, 0) is 38.8 Å². The summed E-state index contributed by atoms with van der Waals surface area (Å²) in [5, 5.41) is 8.06. The van der Waals surface area contributed by atoms with E-state index in [2.05, 4.69) is 16.0 Å². The number of benzene rings is 1. The number of carbonyl (C=O) groups excluding carboxylic acids is 3. The SMILES string of the molecule is COc1ccccc1C(=O)N[C@H](C(=O)NCC(=O)NC(C)(C)C)C(C)C. The lowest BCUT2D eigenvalue weighted by atomic mass is 10.0. The molecule has 1 aromatic carbocycles. The fraction of sp³-hybridized carbons (Fsp3) is 0.526.